The summed E-state index contributed by atoms with van der Waals surface area (Å²) in [5.74, 6) is -0.279. The molecule has 0 aromatic heterocycles. The largest absolute Gasteiger partial charge is 0.393 e. The molecule has 1 aliphatic rings. The SMILES string of the molecule is NC(=O)C1CCCN(C(CC(N)=S)c2ccccc2)C1. The summed E-state index contributed by atoms with van der Waals surface area (Å²) in [4.78, 5) is 14.2. The van der Waals surface area contributed by atoms with Gasteiger partial charge in [0.25, 0.3) is 0 Å². The highest BCUT2D eigenvalue weighted by molar-refractivity contribution is 7.80. The van der Waals surface area contributed by atoms with Gasteiger partial charge in [0.15, 0.2) is 0 Å². The molecule has 1 heterocycles. The molecule has 4 N–H and O–H groups in total. The predicted molar refractivity (Wildman–Crippen MR) is 84.1 cm³/mol. The minimum atomic E-state index is -0.211. The van der Waals surface area contributed by atoms with Crippen molar-refractivity contribution < 1.29 is 4.79 Å². The Bertz CT molecular complexity index is 477. The second-order valence-electron chi connectivity index (χ2n) is 5.33. The van der Waals surface area contributed by atoms with Gasteiger partial charge in [-0.2, -0.15) is 0 Å². The molecule has 2 unspecified atom stereocenters. The Kier molecular flexibility index (Phi) is 5.09. The lowest BCUT2D eigenvalue weighted by atomic mass is 9.93. The van der Waals surface area contributed by atoms with Crippen molar-refractivity contribution in [1.82, 2.24) is 4.90 Å². The number of benzene rings is 1. The summed E-state index contributed by atoms with van der Waals surface area (Å²) >= 11 is 5.08. The quantitative estimate of drug-likeness (QED) is 0.808. The molecule has 1 amide bonds. The number of carbonyl (C=O) groups excluding carboxylic acids is 1. The van der Waals surface area contributed by atoms with Gasteiger partial charge in [-0.05, 0) is 24.9 Å². The second kappa shape index (κ2) is 6.81. The van der Waals surface area contributed by atoms with E-state index in [1.54, 1.807) is 0 Å². The van der Waals surface area contributed by atoms with E-state index in [0.29, 0.717) is 18.0 Å². The van der Waals surface area contributed by atoms with Crippen LogP contribution in [0.15, 0.2) is 30.3 Å². The molecule has 1 aromatic carbocycles. The first-order valence-electron chi connectivity index (χ1n) is 6.94. The van der Waals surface area contributed by atoms with Crippen molar-refractivity contribution >= 4 is 23.1 Å². The predicted octanol–water partition coefficient (Wildman–Crippen LogP) is 1.60. The van der Waals surface area contributed by atoms with Crippen molar-refractivity contribution in [3.8, 4) is 0 Å². The van der Waals surface area contributed by atoms with Crippen LogP contribution in [0.5, 0.6) is 0 Å². The van der Waals surface area contributed by atoms with E-state index in [1.807, 2.05) is 18.2 Å². The third-order valence-corrected chi connectivity index (χ3v) is 4.04. The van der Waals surface area contributed by atoms with Gasteiger partial charge in [-0.1, -0.05) is 42.5 Å². The van der Waals surface area contributed by atoms with Gasteiger partial charge in [-0.15, -0.1) is 0 Å². The van der Waals surface area contributed by atoms with Crippen molar-refractivity contribution in [2.24, 2.45) is 17.4 Å². The maximum Gasteiger partial charge on any atom is 0.221 e. The zero-order valence-corrected chi connectivity index (χ0v) is 12.3. The van der Waals surface area contributed by atoms with Crippen LogP contribution in [0.2, 0.25) is 0 Å². The average Bonchev–Trinajstić information content (AvgIpc) is 2.45. The smallest absolute Gasteiger partial charge is 0.221 e. The lowest BCUT2D eigenvalue weighted by Crippen LogP contribution is -2.43. The van der Waals surface area contributed by atoms with E-state index in [4.69, 9.17) is 23.7 Å². The zero-order valence-electron chi connectivity index (χ0n) is 11.5. The van der Waals surface area contributed by atoms with Crippen molar-refractivity contribution in [1.29, 1.82) is 0 Å². The minimum absolute atomic E-state index is 0.0682. The number of piperidine rings is 1. The summed E-state index contributed by atoms with van der Waals surface area (Å²) in [5.41, 5.74) is 12.4. The van der Waals surface area contributed by atoms with E-state index in [0.717, 1.165) is 19.4 Å². The van der Waals surface area contributed by atoms with Gasteiger partial charge in [0.2, 0.25) is 5.91 Å². The molecule has 108 valence electrons. The van der Waals surface area contributed by atoms with Crippen molar-refractivity contribution in [2.45, 2.75) is 25.3 Å². The first-order chi connectivity index (χ1) is 9.58. The van der Waals surface area contributed by atoms with Crippen LogP contribution in [0.1, 0.15) is 30.9 Å². The number of carbonyl (C=O) groups is 1. The number of hydrogen-bond donors (Lipinski definition) is 2. The molecule has 0 saturated carbocycles. The van der Waals surface area contributed by atoms with E-state index < -0.39 is 0 Å². The first-order valence-corrected chi connectivity index (χ1v) is 7.35. The fourth-order valence-electron chi connectivity index (χ4n) is 2.85. The van der Waals surface area contributed by atoms with Crippen molar-refractivity contribution in [3.63, 3.8) is 0 Å². The summed E-state index contributed by atoms with van der Waals surface area (Å²) in [6.45, 7) is 1.64. The molecule has 1 aliphatic heterocycles. The number of thiocarbonyl (C=S) groups is 1. The zero-order chi connectivity index (χ0) is 14.5. The van der Waals surface area contributed by atoms with Crippen LogP contribution in [0.25, 0.3) is 0 Å². The van der Waals surface area contributed by atoms with Crippen LogP contribution in [0, 0.1) is 5.92 Å². The van der Waals surface area contributed by atoms with E-state index in [-0.39, 0.29) is 17.9 Å². The number of hydrogen-bond acceptors (Lipinski definition) is 3. The Balaban J connectivity index is 2.18. The van der Waals surface area contributed by atoms with Gasteiger partial charge in [-0.3, -0.25) is 9.69 Å². The molecule has 0 aliphatic carbocycles. The van der Waals surface area contributed by atoms with E-state index >= 15 is 0 Å². The Morgan fingerprint density at radius 3 is 2.65 bits per heavy atom. The normalized spacial score (nSPS) is 21.3. The Hall–Kier alpha value is -1.46. The molecule has 0 bridgehead atoms. The van der Waals surface area contributed by atoms with Crippen LogP contribution in [-0.2, 0) is 4.79 Å². The van der Waals surface area contributed by atoms with E-state index in [1.165, 1.54) is 5.56 Å². The number of nitrogens with two attached hydrogens (primary N) is 2. The molecule has 20 heavy (non-hydrogen) atoms. The van der Waals surface area contributed by atoms with Crippen LogP contribution >= 0.6 is 12.2 Å². The van der Waals surface area contributed by atoms with Crippen LogP contribution in [0.3, 0.4) is 0 Å². The molecule has 1 fully saturated rings. The van der Waals surface area contributed by atoms with Gasteiger partial charge in [-0.25, -0.2) is 0 Å². The average molecular weight is 291 g/mol. The minimum Gasteiger partial charge on any atom is -0.393 e. The summed E-state index contributed by atoms with van der Waals surface area (Å²) in [7, 11) is 0. The Morgan fingerprint density at radius 1 is 1.35 bits per heavy atom. The molecule has 2 atom stereocenters. The highest BCUT2D eigenvalue weighted by Crippen LogP contribution is 2.29. The molecule has 1 saturated heterocycles. The third-order valence-electron chi connectivity index (χ3n) is 3.87. The van der Waals surface area contributed by atoms with E-state index in [9.17, 15) is 4.79 Å². The van der Waals surface area contributed by atoms with Crippen molar-refractivity contribution in [2.75, 3.05) is 13.1 Å². The highest BCUT2D eigenvalue weighted by Gasteiger charge is 2.29. The molecule has 2 rings (SSSR count). The molecule has 0 spiro atoms. The summed E-state index contributed by atoms with van der Waals surface area (Å²) in [5, 5.41) is 0. The number of likely N-dealkylation sites (tertiary alicyclic amines) is 1. The lowest BCUT2D eigenvalue weighted by Gasteiger charge is -2.37. The molecular weight excluding hydrogens is 270 g/mol. The van der Waals surface area contributed by atoms with Crippen LogP contribution < -0.4 is 11.5 Å². The summed E-state index contributed by atoms with van der Waals surface area (Å²) < 4.78 is 0. The standard InChI is InChI=1S/C15H21N3OS/c16-14(20)9-13(11-5-2-1-3-6-11)18-8-4-7-12(10-18)15(17)19/h1-3,5-6,12-13H,4,7-10H2,(H2,16,20)(H2,17,19). The van der Waals surface area contributed by atoms with Crippen LogP contribution in [-0.4, -0.2) is 28.9 Å². The topological polar surface area (TPSA) is 72.4 Å². The first kappa shape index (κ1) is 14.9. The Labute approximate surface area is 125 Å². The fraction of sp³-hybridized carbons (Fsp3) is 0.467. The number of rotatable bonds is 5. The monoisotopic (exact) mass is 291 g/mol. The maximum absolute atomic E-state index is 11.4. The number of primary amides is 1. The third kappa shape index (κ3) is 3.77. The Morgan fingerprint density at radius 2 is 2.05 bits per heavy atom. The molecule has 5 heteroatoms. The van der Waals surface area contributed by atoms with Gasteiger partial charge in [0.05, 0.1) is 10.9 Å². The number of amides is 1. The molecule has 1 aromatic rings. The van der Waals surface area contributed by atoms with Gasteiger partial charge >= 0.3 is 0 Å². The molecule has 0 radical (unpaired) electrons. The van der Waals surface area contributed by atoms with Gasteiger partial charge in [0.1, 0.15) is 0 Å². The molecule has 4 nitrogen and oxygen atoms in total. The second-order valence-corrected chi connectivity index (χ2v) is 5.86. The van der Waals surface area contributed by atoms with Crippen LogP contribution in [0.4, 0.5) is 0 Å². The highest BCUT2D eigenvalue weighted by atomic mass is 32.1. The molecular formula is C15H21N3OS. The number of nitrogens with zero attached hydrogens (tertiary/aromatic N) is 1. The van der Waals surface area contributed by atoms with Gasteiger partial charge in [0, 0.05) is 19.0 Å². The summed E-state index contributed by atoms with van der Waals surface area (Å²) in [6, 6.07) is 10.3. The maximum atomic E-state index is 11.4. The van der Waals surface area contributed by atoms with E-state index in [2.05, 4.69) is 17.0 Å². The van der Waals surface area contributed by atoms with Gasteiger partial charge < -0.3 is 11.5 Å². The fourth-order valence-corrected chi connectivity index (χ4v) is 3.00. The van der Waals surface area contributed by atoms with Crippen molar-refractivity contribution in [3.05, 3.63) is 35.9 Å². The lowest BCUT2D eigenvalue weighted by molar-refractivity contribution is -0.123. The summed E-state index contributed by atoms with van der Waals surface area (Å²) in [6.07, 6.45) is 2.49.